The number of amides is 1. The third-order valence-electron chi connectivity index (χ3n) is 13.7. The van der Waals surface area contributed by atoms with E-state index in [0.29, 0.717) is 89.3 Å². The summed E-state index contributed by atoms with van der Waals surface area (Å²) in [4.78, 5) is 52.0. The van der Waals surface area contributed by atoms with E-state index in [9.17, 15) is 22.4 Å². The van der Waals surface area contributed by atoms with Crippen molar-refractivity contribution >= 4 is 26.6 Å². The Kier molecular flexibility index (Phi) is 10.1. The molecule has 0 spiro atoms. The molecule has 1 N–H and O–H groups in total. The van der Waals surface area contributed by atoms with Crippen molar-refractivity contribution in [3.05, 3.63) is 132 Å². The van der Waals surface area contributed by atoms with E-state index in [1.807, 2.05) is 23.6 Å². The summed E-state index contributed by atoms with van der Waals surface area (Å²) in [6, 6.07) is 17.5. The predicted molar refractivity (Wildman–Crippen MR) is 233 cm³/mol. The van der Waals surface area contributed by atoms with Crippen LogP contribution < -0.4 is 16.1 Å². The number of hydrogen-bond donors (Lipinski definition) is 1. The molecule has 3 aromatic carbocycles. The first kappa shape index (κ1) is 41.2. The van der Waals surface area contributed by atoms with Gasteiger partial charge in [-0.15, -0.1) is 0 Å². The molecule has 5 heterocycles. The number of rotatable bonds is 11. The second-order valence-corrected chi connectivity index (χ2v) is 20.0. The molecule has 10 rings (SSSR count). The van der Waals surface area contributed by atoms with Gasteiger partial charge in [0.15, 0.2) is 15.7 Å². The number of halogens is 1. The molecule has 2 aliphatic heterocycles. The number of ether oxygens (including phenoxy) is 2. The highest BCUT2D eigenvalue weighted by Crippen LogP contribution is 2.56. The SMILES string of the molecule is Cc1cc(-n2c(OCCc3ccc(S(=O)(=O)C4CC4)cc3)nc3c(c2=O)CCN(C(=O)c2cc4cc(C5CCOCC5)ccc4n2[C@@]2(c4noc(=O)[nH]4)C[C@H]2C)[C@@H]3C)cc(C)c1F.[HH]. The molecule has 3 atom stereocenters. The standard InChI is InChI=1S/C47H49FN6O8S.H2/c1-26-21-34(22-27(2)40(26)48)53-42(55)37-13-17-52(29(4)41(37)49-45(53)61-20-14-30-5-8-35(9-6-30)63(58,59)36-10-11-36)43(56)39-24-33-23-32(31-15-18-60-19-16-31)7-12-38(33)54(39)47(25-28(47)3)44-50-46(57)62-51-44;/h5-9,12,21-24,28-29,31,36H,10-11,13-20,25H2,1-4H3,(H,50,51,57);1H/t28-,29-,47+;/m1./s1. The molecule has 330 valence electrons. The summed E-state index contributed by atoms with van der Waals surface area (Å²) in [5.74, 6) is -0.616. The quantitative estimate of drug-likeness (QED) is 0.145. The van der Waals surface area contributed by atoms with Crippen LogP contribution in [0.25, 0.3) is 16.6 Å². The van der Waals surface area contributed by atoms with E-state index in [4.69, 9.17) is 19.0 Å². The Bertz CT molecular complexity index is 3020. The van der Waals surface area contributed by atoms with Crippen molar-refractivity contribution in [3.8, 4) is 11.7 Å². The van der Waals surface area contributed by atoms with Gasteiger partial charge in [0.25, 0.3) is 11.5 Å². The summed E-state index contributed by atoms with van der Waals surface area (Å²) in [7, 11) is -3.33. The zero-order valence-electron chi connectivity index (χ0n) is 35.6. The van der Waals surface area contributed by atoms with Crippen LogP contribution in [0.2, 0.25) is 0 Å². The molecule has 2 saturated carbocycles. The van der Waals surface area contributed by atoms with E-state index in [1.165, 1.54) is 10.1 Å². The number of carbonyl (C=O) groups excluding carboxylic acids is 1. The second kappa shape index (κ2) is 15.4. The van der Waals surface area contributed by atoms with Crippen LogP contribution in [-0.2, 0) is 33.0 Å². The highest BCUT2D eigenvalue weighted by atomic mass is 32.2. The fourth-order valence-corrected chi connectivity index (χ4v) is 11.5. The van der Waals surface area contributed by atoms with Crippen molar-refractivity contribution < 1.29 is 33.0 Å². The Morgan fingerprint density at radius 3 is 2.37 bits per heavy atom. The number of nitrogens with zero attached hydrogens (tertiary/aromatic N) is 5. The Labute approximate surface area is 364 Å². The Balaban J connectivity index is 0.00000518. The third kappa shape index (κ3) is 7.01. The summed E-state index contributed by atoms with van der Waals surface area (Å²) in [5, 5.41) is 4.71. The number of aryl methyl sites for hydroxylation is 2. The molecule has 63 heavy (non-hydrogen) atoms. The lowest BCUT2D eigenvalue weighted by atomic mass is 9.91. The summed E-state index contributed by atoms with van der Waals surface area (Å²) < 4.78 is 60.8. The topological polar surface area (TPSA) is 172 Å². The second-order valence-electron chi connectivity index (χ2n) is 17.7. The van der Waals surface area contributed by atoms with Gasteiger partial charge in [0.05, 0.1) is 34.2 Å². The molecule has 1 saturated heterocycles. The monoisotopic (exact) mass is 878 g/mol. The Hall–Kier alpha value is -5.87. The Morgan fingerprint density at radius 2 is 1.71 bits per heavy atom. The maximum absolute atomic E-state index is 15.2. The highest BCUT2D eigenvalue weighted by molar-refractivity contribution is 7.92. The van der Waals surface area contributed by atoms with Crippen LogP contribution in [0.3, 0.4) is 0 Å². The molecule has 16 heteroatoms. The number of nitrogens with one attached hydrogen (secondary N) is 1. The van der Waals surface area contributed by atoms with E-state index in [0.717, 1.165) is 29.3 Å². The first-order valence-electron chi connectivity index (χ1n) is 21.8. The van der Waals surface area contributed by atoms with E-state index >= 15 is 4.79 Å². The number of sulfone groups is 1. The molecule has 0 unspecified atom stereocenters. The Morgan fingerprint density at radius 1 is 1.00 bits per heavy atom. The number of hydrogen-bond acceptors (Lipinski definition) is 10. The summed E-state index contributed by atoms with van der Waals surface area (Å²) in [6.07, 6.45) is 4.39. The minimum atomic E-state index is -3.33. The van der Waals surface area contributed by atoms with E-state index in [-0.39, 0.29) is 55.5 Å². The summed E-state index contributed by atoms with van der Waals surface area (Å²) in [5.41, 5.74) is 4.00. The van der Waals surface area contributed by atoms with Gasteiger partial charge in [-0.1, -0.05) is 30.3 Å². The van der Waals surface area contributed by atoms with Crippen LogP contribution in [0.1, 0.15) is 109 Å². The fraction of sp³-hybridized carbons (Fsp3) is 0.426. The molecular formula is C47H51FN6O8S. The lowest BCUT2D eigenvalue weighted by Gasteiger charge is -2.35. The smallest absolute Gasteiger partial charge is 0.438 e. The summed E-state index contributed by atoms with van der Waals surface area (Å²) >= 11 is 0. The molecule has 14 nitrogen and oxygen atoms in total. The average molecular weight is 879 g/mol. The minimum absolute atomic E-state index is 0. The van der Waals surface area contributed by atoms with Crippen LogP contribution in [0.4, 0.5) is 4.39 Å². The number of benzene rings is 3. The number of carbonyl (C=O) groups is 1. The number of aromatic nitrogens is 5. The predicted octanol–water partition coefficient (Wildman–Crippen LogP) is 6.86. The lowest BCUT2D eigenvalue weighted by molar-refractivity contribution is 0.0656. The van der Waals surface area contributed by atoms with Crippen LogP contribution in [0.5, 0.6) is 6.01 Å². The first-order valence-corrected chi connectivity index (χ1v) is 23.3. The van der Waals surface area contributed by atoms with Crippen LogP contribution in [-0.4, -0.2) is 75.1 Å². The summed E-state index contributed by atoms with van der Waals surface area (Å²) in [6.45, 7) is 8.88. The normalized spacial score (nSPS) is 21.4. The molecule has 3 aromatic heterocycles. The van der Waals surface area contributed by atoms with Crippen molar-refractivity contribution in [3.63, 3.8) is 0 Å². The third-order valence-corrected chi connectivity index (χ3v) is 16.0. The first-order chi connectivity index (χ1) is 30.3. The van der Waals surface area contributed by atoms with Crippen LogP contribution in [0.15, 0.2) is 79.7 Å². The van der Waals surface area contributed by atoms with Crippen molar-refractivity contribution in [1.82, 2.24) is 29.2 Å². The molecule has 0 bridgehead atoms. The molecule has 4 aliphatic rings. The molecule has 3 fully saturated rings. The van der Waals surface area contributed by atoms with Gasteiger partial charge in [-0.05, 0) is 136 Å². The lowest BCUT2D eigenvalue weighted by Crippen LogP contribution is -2.44. The number of fused-ring (bicyclic) bond motifs is 2. The zero-order chi connectivity index (χ0) is 43.9. The van der Waals surface area contributed by atoms with Gasteiger partial charge in [0.2, 0.25) is 0 Å². The van der Waals surface area contributed by atoms with E-state index < -0.39 is 27.2 Å². The molecule has 2 aliphatic carbocycles. The van der Waals surface area contributed by atoms with Crippen molar-refractivity contribution in [1.29, 1.82) is 0 Å². The number of H-pyrrole nitrogens is 1. The van der Waals surface area contributed by atoms with Gasteiger partial charge in [-0.2, -0.15) is 4.98 Å². The average Bonchev–Trinajstić information content (AvgIpc) is 4.17. The molecule has 6 aromatic rings. The van der Waals surface area contributed by atoms with E-state index in [2.05, 4.69) is 29.2 Å². The van der Waals surface area contributed by atoms with Gasteiger partial charge in [-0.3, -0.25) is 19.1 Å². The largest absolute Gasteiger partial charge is 0.464 e. The molecule has 0 radical (unpaired) electrons. The van der Waals surface area contributed by atoms with Crippen molar-refractivity contribution in [2.45, 2.75) is 100 Å². The minimum Gasteiger partial charge on any atom is -0.464 e. The van der Waals surface area contributed by atoms with Gasteiger partial charge in [-0.25, -0.2) is 22.2 Å². The van der Waals surface area contributed by atoms with Crippen molar-refractivity contribution in [2.24, 2.45) is 5.92 Å². The number of aromatic amines is 1. The zero-order valence-corrected chi connectivity index (χ0v) is 36.5. The maximum atomic E-state index is 15.2. The van der Waals surface area contributed by atoms with Gasteiger partial charge in [0.1, 0.15) is 17.1 Å². The fourth-order valence-electron chi connectivity index (χ4n) is 9.86. The van der Waals surface area contributed by atoms with Gasteiger partial charge in [0, 0.05) is 44.1 Å². The maximum Gasteiger partial charge on any atom is 0.438 e. The molecule has 1 amide bonds. The van der Waals surface area contributed by atoms with Gasteiger partial charge >= 0.3 is 11.8 Å². The van der Waals surface area contributed by atoms with Crippen molar-refractivity contribution in [2.75, 3.05) is 26.4 Å². The van der Waals surface area contributed by atoms with E-state index in [1.54, 1.807) is 55.1 Å². The highest BCUT2D eigenvalue weighted by Gasteiger charge is 2.59. The van der Waals surface area contributed by atoms with Crippen LogP contribution in [0, 0.1) is 25.6 Å². The van der Waals surface area contributed by atoms with Gasteiger partial charge < -0.3 is 18.9 Å². The molecular weight excluding hydrogens is 828 g/mol. The van der Waals surface area contributed by atoms with Crippen LogP contribution >= 0.6 is 0 Å².